The first kappa shape index (κ1) is 21.1. The molecule has 0 bridgehead atoms. The molecule has 2 amide bonds. The van der Waals surface area contributed by atoms with E-state index in [1.165, 1.54) is 4.90 Å². The fourth-order valence-corrected chi connectivity index (χ4v) is 3.76. The van der Waals surface area contributed by atoms with E-state index in [0.29, 0.717) is 31.6 Å². The molecule has 0 radical (unpaired) electrons. The van der Waals surface area contributed by atoms with Crippen molar-refractivity contribution >= 4 is 29.5 Å². The number of ether oxygens (including phenoxy) is 1. The number of benzene rings is 1. The van der Waals surface area contributed by atoms with E-state index in [9.17, 15) is 14.4 Å². The fraction of sp³-hybridized carbons (Fsp3) is 0.526. The van der Waals surface area contributed by atoms with Crippen LogP contribution in [0.15, 0.2) is 29.2 Å². The lowest BCUT2D eigenvalue weighted by molar-refractivity contribution is -0.147. The van der Waals surface area contributed by atoms with Gasteiger partial charge in [0, 0.05) is 37.2 Å². The number of piperidine rings is 1. The summed E-state index contributed by atoms with van der Waals surface area (Å²) in [5.74, 6) is -0.265. The average molecular weight is 394 g/mol. The Morgan fingerprint density at radius 3 is 2.63 bits per heavy atom. The Morgan fingerprint density at radius 1 is 1.30 bits per heavy atom. The van der Waals surface area contributed by atoms with E-state index < -0.39 is 11.9 Å². The smallest absolute Gasteiger partial charge is 0.308 e. The third-order valence-corrected chi connectivity index (χ3v) is 5.58. The molecule has 148 valence electrons. The van der Waals surface area contributed by atoms with Crippen molar-refractivity contribution in [2.45, 2.75) is 24.2 Å². The maximum absolute atomic E-state index is 12.4. The molecule has 2 rings (SSSR count). The Morgan fingerprint density at radius 2 is 2.00 bits per heavy atom. The Balaban J connectivity index is 1.74. The fourth-order valence-electron chi connectivity index (χ4n) is 2.92. The molecule has 0 aliphatic carbocycles. The number of aliphatic carboxylic acids is 1. The number of hydrogen-bond donors (Lipinski definition) is 1. The van der Waals surface area contributed by atoms with Crippen molar-refractivity contribution in [3.63, 3.8) is 0 Å². The zero-order valence-corrected chi connectivity index (χ0v) is 16.5. The molecular formula is C19H26N2O5S. The predicted molar refractivity (Wildman–Crippen MR) is 103 cm³/mol. The molecule has 1 saturated heterocycles. The highest BCUT2D eigenvalue weighted by Gasteiger charge is 2.28. The zero-order chi connectivity index (χ0) is 19.8. The standard InChI is InChI=1S/C19H26N2O5S/c1-20(13-18(23)21-10-3-4-14(12-21)19(24)25)17(22)9-11-27-16-7-5-15(26-2)6-8-16/h5-8,14H,3-4,9-13H2,1-2H3,(H,24,25). The van der Waals surface area contributed by atoms with Gasteiger partial charge in [-0.1, -0.05) is 0 Å². The number of carboxylic acid groups (broad SMARTS) is 1. The van der Waals surface area contributed by atoms with Gasteiger partial charge in [0.25, 0.3) is 0 Å². The van der Waals surface area contributed by atoms with Crippen molar-refractivity contribution in [2.24, 2.45) is 5.92 Å². The van der Waals surface area contributed by atoms with Gasteiger partial charge in [-0.15, -0.1) is 11.8 Å². The van der Waals surface area contributed by atoms with Crippen molar-refractivity contribution in [2.75, 3.05) is 39.5 Å². The number of rotatable bonds is 8. The van der Waals surface area contributed by atoms with Gasteiger partial charge < -0.3 is 19.6 Å². The van der Waals surface area contributed by atoms with Gasteiger partial charge >= 0.3 is 5.97 Å². The summed E-state index contributed by atoms with van der Waals surface area (Å²) in [6.45, 7) is 0.764. The quantitative estimate of drug-likeness (QED) is 0.678. The number of amides is 2. The van der Waals surface area contributed by atoms with Gasteiger partial charge in [0.1, 0.15) is 5.75 Å². The zero-order valence-electron chi connectivity index (χ0n) is 15.7. The van der Waals surface area contributed by atoms with Crippen molar-refractivity contribution in [1.29, 1.82) is 0 Å². The Kier molecular flexibility index (Phi) is 7.97. The van der Waals surface area contributed by atoms with Crippen LogP contribution >= 0.6 is 11.8 Å². The molecule has 8 heteroatoms. The van der Waals surface area contributed by atoms with E-state index in [2.05, 4.69) is 0 Å². The van der Waals surface area contributed by atoms with E-state index in [1.807, 2.05) is 24.3 Å². The second-order valence-corrected chi connectivity index (χ2v) is 7.71. The van der Waals surface area contributed by atoms with Crippen LogP contribution in [0.1, 0.15) is 19.3 Å². The molecule has 0 aromatic heterocycles. The third kappa shape index (κ3) is 6.46. The number of carboxylic acids is 1. The number of hydrogen-bond acceptors (Lipinski definition) is 5. The van der Waals surface area contributed by atoms with Gasteiger partial charge in [-0.25, -0.2) is 0 Å². The van der Waals surface area contributed by atoms with Crippen LogP contribution < -0.4 is 4.74 Å². The van der Waals surface area contributed by atoms with Crippen molar-refractivity contribution in [3.05, 3.63) is 24.3 Å². The summed E-state index contributed by atoms with van der Waals surface area (Å²) >= 11 is 1.57. The second-order valence-electron chi connectivity index (χ2n) is 6.54. The van der Waals surface area contributed by atoms with Gasteiger partial charge in [-0.3, -0.25) is 14.4 Å². The van der Waals surface area contributed by atoms with Crippen LogP contribution in [-0.2, 0) is 14.4 Å². The van der Waals surface area contributed by atoms with Crippen LogP contribution in [0.25, 0.3) is 0 Å². The second kappa shape index (κ2) is 10.2. The van der Waals surface area contributed by atoms with E-state index in [1.54, 1.807) is 30.8 Å². The number of carbonyl (C=O) groups excluding carboxylic acids is 2. The third-order valence-electron chi connectivity index (χ3n) is 4.57. The number of methoxy groups -OCH3 is 1. The Labute approximate surface area is 163 Å². The topological polar surface area (TPSA) is 87.2 Å². The first-order valence-corrected chi connectivity index (χ1v) is 9.90. The monoisotopic (exact) mass is 394 g/mol. The minimum Gasteiger partial charge on any atom is -0.497 e. The van der Waals surface area contributed by atoms with E-state index >= 15 is 0 Å². The molecule has 1 heterocycles. The van der Waals surface area contributed by atoms with Gasteiger partial charge in [-0.05, 0) is 37.1 Å². The van der Waals surface area contributed by atoms with E-state index in [4.69, 9.17) is 9.84 Å². The number of thioether (sulfide) groups is 1. The molecule has 7 nitrogen and oxygen atoms in total. The molecule has 27 heavy (non-hydrogen) atoms. The molecule has 1 atom stereocenters. The number of nitrogens with zero attached hydrogens (tertiary/aromatic N) is 2. The molecule has 1 aliphatic heterocycles. The maximum Gasteiger partial charge on any atom is 0.308 e. The van der Waals surface area contributed by atoms with Crippen molar-refractivity contribution in [1.82, 2.24) is 9.80 Å². The highest BCUT2D eigenvalue weighted by Crippen LogP contribution is 2.22. The minimum atomic E-state index is -0.868. The molecule has 1 fully saturated rings. The lowest BCUT2D eigenvalue weighted by atomic mass is 9.98. The van der Waals surface area contributed by atoms with Crippen LogP contribution in [0.4, 0.5) is 0 Å². The van der Waals surface area contributed by atoms with Crippen LogP contribution in [-0.4, -0.2) is 72.2 Å². The van der Waals surface area contributed by atoms with Crippen molar-refractivity contribution in [3.8, 4) is 5.75 Å². The molecule has 0 saturated carbocycles. The van der Waals surface area contributed by atoms with Crippen LogP contribution in [0.5, 0.6) is 5.75 Å². The van der Waals surface area contributed by atoms with Gasteiger partial charge in [0.05, 0.1) is 19.6 Å². The van der Waals surface area contributed by atoms with Crippen molar-refractivity contribution < 1.29 is 24.2 Å². The summed E-state index contributed by atoms with van der Waals surface area (Å²) in [5, 5.41) is 9.12. The molecule has 1 aliphatic rings. The summed E-state index contributed by atoms with van der Waals surface area (Å²) in [6.07, 6.45) is 1.60. The summed E-state index contributed by atoms with van der Waals surface area (Å²) < 4.78 is 5.11. The molecular weight excluding hydrogens is 368 g/mol. The number of carbonyl (C=O) groups is 3. The van der Waals surface area contributed by atoms with Gasteiger partial charge in [0.15, 0.2) is 0 Å². The van der Waals surface area contributed by atoms with Gasteiger partial charge in [-0.2, -0.15) is 0 Å². The molecule has 1 aromatic carbocycles. The highest BCUT2D eigenvalue weighted by molar-refractivity contribution is 7.99. The SMILES string of the molecule is COc1ccc(SCCC(=O)N(C)CC(=O)N2CCCC(C(=O)O)C2)cc1. The van der Waals surface area contributed by atoms with E-state index in [0.717, 1.165) is 10.6 Å². The molecule has 1 unspecified atom stereocenters. The van der Waals surface area contributed by atoms with Crippen LogP contribution in [0.3, 0.4) is 0 Å². The maximum atomic E-state index is 12.4. The summed E-state index contributed by atoms with van der Waals surface area (Å²) in [6, 6.07) is 7.63. The molecule has 1 aromatic rings. The highest BCUT2D eigenvalue weighted by atomic mass is 32.2. The summed E-state index contributed by atoms with van der Waals surface area (Å²) in [5.41, 5.74) is 0. The summed E-state index contributed by atoms with van der Waals surface area (Å²) in [4.78, 5) is 39.7. The lowest BCUT2D eigenvalue weighted by Crippen LogP contribution is -2.46. The van der Waals surface area contributed by atoms with E-state index in [-0.39, 0.29) is 24.9 Å². The number of likely N-dealkylation sites (N-methyl/N-ethyl adjacent to an activating group) is 1. The average Bonchev–Trinajstić information content (AvgIpc) is 2.68. The minimum absolute atomic E-state index is 0.0155. The molecule has 0 spiro atoms. The summed E-state index contributed by atoms with van der Waals surface area (Å²) in [7, 11) is 3.22. The largest absolute Gasteiger partial charge is 0.497 e. The normalized spacial score (nSPS) is 16.7. The van der Waals surface area contributed by atoms with Crippen LogP contribution in [0.2, 0.25) is 0 Å². The molecule has 1 N–H and O–H groups in total. The van der Waals surface area contributed by atoms with Gasteiger partial charge in [0.2, 0.25) is 11.8 Å². The first-order chi connectivity index (χ1) is 12.9. The van der Waals surface area contributed by atoms with Crippen LogP contribution in [0, 0.1) is 5.92 Å². The Bertz CT molecular complexity index is 665. The predicted octanol–water partition coefficient (Wildman–Crippen LogP) is 1.96. The Hall–Kier alpha value is -2.22. The number of likely N-dealkylation sites (tertiary alicyclic amines) is 1. The first-order valence-electron chi connectivity index (χ1n) is 8.92. The lowest BCUT2D eigenvalue weighted by Gasteiger charge is -2.32.